The van der Waals surface area contributed by atoms with Gasteiger partial charge in [-0.1, -0.05) is 78.4 Å². The minimum atomic E-state index is -4.02. The van der Waals surface area contributed by atoms with Crippen molar-refractivity contribution in [1.29, 1.82) is 0 Å². The van der Waals surface area contributed by atoms with Crippen LogP contribution in [-0.4, -0.2) is 23.9 Å². The first-order valence-corrected chi connectivity index (χ1v) is 9.98. The van der Waals surface area contributed by atoms with Crippen LogP contribution in [0.4, 0.5) is 0 Å². The molecule has 0 aliphatic rings. The molecule has 0 spiro atoms. The molecule has 0 fully saturated rings. The van der Waals surface area contributed by atoms with Gasteiger partial charge >= 0.3 is 0 Å². The van der Waals surface area contributed by atoms with E-state index in [2.05, 4.69) is 0 Å². The molecule has 0 saturated carbocycles. The molecule has 0 aliphatic heterocycles. The van der Waals surface area contributed by atoms with Crippen LogP contribution in [0.3, 0.4) is 0 Å². The van der Waals surface area contributed by atoms with Gasteiger partial charge in [-0.05, 0) is 31.5 Å². The average molecular weight is 398 g/mol. The molecule has 146 valence electrons. The van der Waals surface area contributed by atoms with Gasteiger partial charge in [-0.3, -0.25) is 9.35 Å². The summed E-state index contributed by atoms with van der Waals surface area (Å²) >= 11 is 0. The van der Waals surface area contributed by atoms with Crippen molar-refractivity contribution < 1.29 is 22.9 Å². The smallest absolute Gasteiger partial charge is 0.294 e. The molecule has 3 aromatic carbocycles. The van der Waals surface area contributed by atoms with E-state index in [-0.39, 0.29) is 10.7 Å². The number of benzene rings is 3. The van der Waals surface area contributed by atoms with E-state index >= 15 is 0 Å². The lowest BCUT2D eigenvalue weighted by Crippen LogP contribution is -2.32. The van der Waals surface area contributed by atoms with Crippen molar-refractivity contribution in [3.8, 4) is 0 Å². The Balaban J connectivity index is 0.000000221. The topological polar surface area (TPSA) is 91.7 Å². The van der Waals surface area contributed by atoms with Crippen molar-refractivity contribution >= 4 is 15.9 Å². The molecule has 28 heavy (non-hydrogen) atoms. The molecule has 0 heterocycles. The highest BCUT2D eigenvalue weighted by Crippen LogP contribution is 2.24. The Kier molecular flexibility index (Phi) is 6.85. The zero-order valence-corrected chi connectivity index (χ0v) is 16.4. The van der Waals surface area contributed by atoms with E-state index in [1.807, 2.05) is 31.2 Å². The van der Waals surface area contributed by atoms with Crippen LogP contribution in [0, 0.1) is 6.92 Å². The van der Waals surface area contributed by atoms with E-state index in [0.29, 0.717) is 11.1 Å². The highest BCUT2D eigenvalue weighted by molar-refractivity contribution is 7.85. The lowest BCUT2D eigenvalue weighted by molar-refractivity contribution is 0.0392. The summed E-state index contributed by atoms with van der Waals surface area (Å²) in [6, 6.07) is 23.8. The van der Waals surface area contributed by atoms with Crippen LogP contribution in [0.5, 0.6) is 0 Å². The van der Waals surface area contributed by atoms with Crippen molar-refractivity contribution in [2.75, 3.05) is 0 Å². The third kappa shape index (κ3) is 5.60. The highest BCUT2D eigenvalue weighted by atomic mass is 32.2. The summed E-state index contributed by atoms with van der Waals surface area (Å²) < 4.78 is 29.6. The fourth-order valence-corrected chi connectivity index (χ4v) is 2.95. The van der Waals surface area contributed by atoms with Crippen molar-refractivity contribution in [3.05, 3.63) is 102 Å². The van der Waals surface area contributed by atoms with Crippen LogP contribution in [0.25, 0.3) is 0 Å². The van der Waals surface area contributed by atoms with Gasteiger partial charge in [0.15, 0.2) is 5.78 Å². The average Bonchev–Trinajstić information content (AvgIpc) is 2.69. The summed E-state index contributed by atoms with van der Waals surface area (Å²) in [6.45, 7) is 3.37. The second-order valence-electron chi connectivity index (χ2n) is 6.42. The second-order valence-corrected chi connectivity index (χ2v) is 7.84. The Bertz CT molecular complexity index is 1010. The second kappa shape index (κ2) is 8.93. The van der Waals surface area contributed by atoms with Gasteiger partial charge in [0, 0.05) is 5.56 Å². The van der Waals surface area contributed by atoms with Gasteiger partial charge in [-0.2, -0.15) is 8.42 Å². The van der Waals surface area contributed by atoms with E-state index in [1.54, 1.807) is 48.5 Å². The minimum Gasteiger partial charge on any atom is -0.377 e. The SMILES string of the molecule is CC(O)(C(=O)c1ccccc1)c1ccccc1.Cc1ccc(S(=O)(=O)O)cc1. The first kappa shape index (κ1) is 21.5. The largest absolute Gasteiger partial charge is 0.377 e. The number of hydrogen-bond acceptors (Lipinski definition) is 4. The maximum absolute atomic E-state index is 12.2. The Morgan fingerprint density at radius 2 is 1.29 bits per heavy atom. The van der Waals surface area contributed by atoms with Crippen LogP contribution in [0.1, 0.15) is 28.4 Å². The third-order valence-electron chi connectivity index (χ3n) is 4.13. The summed E-state index contributed by atoms with van der Waals surface area (Å²) in [5.41, 5.74) is 0.593. The number of Topliss-reactive ketones (excluding diaryl/α,β-unsaturated/α-hetero) is 1. The predicted molar refractivity (Wildman–Crippen MR) is 108 cm³/mol. The first-order valence-electron chi connectivity index (χ1n) is 8.54. The number of carbonyl (C=O) groups is 1. The molecule has 3 aromatic rings. The normalized spacial score (nSPS) is 13.0. The van der Waals surface area contributed by atoms with Crippen LogP contribution < -0.4 is 0 Å². The van der Waals surface area contributed by atoms with E-state index in [1.165, 1.54) is 19.1 Å². The van der Waals surface area contributed by atoms with Crippen molar-refractivity contribution in [2.24, 2.45) is 0 Å². The van der Waals surface area contributed by atoms with E-state index in [9.17, 15) is 18.3 Å². The molecule has 0 aliphatic carbocycles. The number of carbonyl (C=O) groups excluding carboxylic acids is 1. The van der Waals surface area contributed by atoms with Crippen LogP contribution in [-0.2, 0) is 15.7 Å². The summed E-state index contributed by atoms with van der Waals surface area (Å²) in [5.74, 6) is -0.288. The third-order valence-corrected chi connectivity index (χ3v) is 5.00. The summed E-state index contributed by atoms with van der Waals surface area (Å²) in [5, 5.41) is 10.4. The van der Waals surface area contributed by atoms with Crippen LogP contribution in [0.15, 0.2) is 89.8 Å². The highest BCUT2D eigenvalue weighted by Gasteiger charge is 2.32. The van der Waals surface area contributed by atoms with Gasteiger partial charge in [-0.25, -0.2) is 0 Å². The molecular weight excluding hydrogens is 376 g/mol. The monoisotopic (exact) mass is 398 g/mol. The molecule has 0 saturated heterocycles. The molecule has 2 N–H and O–H groups in total. The van der Waals surface area contributed by atoms with E-state index in [0.717, 1.165) is 5.56 Å². The molecule has 6 heteroatoms. The zero-order valence-electron chi connectivity index (χ0n) is 15.6. The Hall–Kier alpha value is -2.80. The van der Waals surface area contributed by atoms with Crippen molar-refractivity contribution in [2.45, 2.75) is 24.3 Å². The molecular formula is C22H22O5S. The predicted octanol–water partition coefficient (Wildman–Crippen LogP) is 4.02. The zero-order chi connectivity index (χ0) is 20.8. The minimum absolute atomic E-state index is 0.0666. The van der Waals surface area contributed by atoms with Gasteiger partial charge in [0.2, 0.25) is 0 Å². The number of aliphatic hydroxyl groups is 1. The van der Waals surface area contributed by atoms with Crippen molar-refractivity contribution in [1.82, 2.24) is 0 Å². The first-order chi connectivity index (χ1) is 13.1. The van der Waals surface area contributed by atoms with Gasteiger partial charge in [0.05, 0.1) is 4.90 Å². The molecule has 1 atom stereocenters. The summed E-state index contributed by atoms with van der Waals surface area (Å²) in [7, 11) is -4.02. The van der Waals surface area contributed by atoms with Gasteiger partial charge < -0.3 is 5.11 Å². The fourth-order valence-electron chi connectivity index (χ4n) is 2.47. The number of aryl methyl sites for hydroxylation is 1. The molecule has 0 aromatic heterocycles. The quantitative estimate of drug-likeness (QED) is 0.512. The van der Waals surface area contributed by atoms with Crippen LogP contribution in [0.2, 0.25) is 0 Å². The fraction of sp³-hybridized carbons (Fsp3) is 0.136. The van der Waals surface area contributed by atoms with Gasteiger partial charge in [0.1, 0.15) is 5.60 Å². The maximum atomic E-state index is 12.2. The van der Waals surface area contributed by atoms with Crippen molar-refractivity contribution in [3.63, 3.8) is 0 Å². The molecule has 0 radical (unpaired) electrons. The molecule has 3 rings (SSSR count). The lowest BCUT2D eigenvalue weighted by Gasteiger charge is -2.22. The Morgan fingerprint density at radius 3 is 1.75 bits per heavy atom. The molecule has 5 nitrogen and oxygen atoms in total. The number of ketones is 1. The van der Waals surface area contributed by atoms with Gasteiger partial charge in [0.25, 0.3) is 10.1 Å². The molecule has 0 bridgehead atoms. The summed E-state index contributed by atoms with van der Waals surface area (Å²) in [6.07, 6.45) is 0. The molecule has 1 unspecified atom stereocenters. The number of rotatable bonds is 4. The van der Waals surface area contributed by atoms with Crippen LogP contribution >= 0.6 is 0 Å². The van der Waals surface area contributed by atoms with E-state index in [4.69, 9.17) is 4.55 Å². The lowest BCUT2D eigenvalue weighted by atomic mass is 9.88. The van der Waals surface area contributed by atoms with E-state index < -0.39 is 15.7 Å². The Labute approximate surface area is 165 Å². The maximum Gasteiger partial charge on any atom is 0.294 e. The standard InChI is InChI=1S/C15H14O2.C7H8O3S/c1-15(17,13-10-6-3-7-11-13)14(16)12-8-4-2-5-9-12;1-6-2-4-7(5-3-6)11(8,9)10/h2-11,17H,1H3;2-5H,1H3,(H,8,9,10). The van der Waals surface area contributed by atoms with Gasteiger partial charge in [-0.15, -0.1) is 0 Å². The number of hydrogen-bond donors (Lipinski definition) is 2. The Morgan fingerprint density at radius 1 is 0.821 bits per heavy atom. The molecule has 0 amide bonds. The summed E-state index contributed by atoms with van der Waals surface area (Å²) in [4.78, 5) is 12.2.